The van der Waals surface area contributed by atoms with Gasteiger partial charge in [-0.1, -0.05) is 6.92 Å². The van der Waals surface area contributed by atoms with Crippen molar-refractivity contribution in [2.45, 2.75) is 26.8 Å². The SMILES string of the molecule is CCOC(=O)c1cccn1CCCSCC. The molecular weight excluding hydrogens is 222 g/mol. The number of thioether (sulfide) groups is 1. The fourth-order valence-corrected chi connectivity index (χ4v) is 2.10. The van der Waals surface area contributed by atoms with Crippen molar-refractivity contribution in [3.05, 3.63) is 24.0 Å². The van der Waals surface area contributed by atoms with E-state index in [0.717, 1.165) is 24.5 Å². The summed E-state index contributed by atoms with van der Waals surface area (Å²) in [6.07, 6.45) is 3.02. The van der Waals surface area contributed by atoms with Crippen LogP contribution < -0.4 is 0 Å². The lowest BCUT2D eigenvalue weighted by Crippen LogP contribution is -2.12. The summed E-state index contributed by atoms with van der Waals surface area (Å²) in [7, 11) is 0. The molecule has 1 aromatic rings. The maximum atomic E-state index is 11.6. The van der Waals surface area contributed by atoms with Crippen LogP contribution in [-0.4, -0.2) is 28.6 Å². The molecule has 1 rings (SSSR count). The number of ether oxygens (including phenoxy) is 1. The van der Waals surface area contributed by atoms with E-state index in [2.05, 4.69) is 6.92 Å². The Morgan fingerprint density at radius 3 is 3.00 bits per heavy atom. The van der Waals surface area contributed by atoms with Gasteiger partial charge in [-0.15, -0.1) is 0 Å². The van der Waals surface area contributed by atoms with Gasteiger partial charge in [0.15, 0.2) is 0 Å². The number of rotatable bonds is 7. The topological polar surface area (TPSA) is 31.2 Å². The number of hydrogen-bond acceptors (Lipinski definition) is 3. The molecule has 0 unspecified atom stereocenters. The molecule has 1 aromatic heterocycles. The summed E-state index contributed by atoms with van der Waals surface area (Å²) in [6.45, 7) is 5.29. The molecule has 0 aliphatic carbocycles. The normalized spacial score (nSPS) is 10.4. The number of carbonyl (C=O) groups excluding carboxylic acids is 1. The predicted octanol–water partition coefficient (Wildman–Crippen LogP) is 2.81. The molecule has 1 heterocycles. The van der Waals surface area contributed by atoms with Crippen molar-refractivity contribution in [1.82, 2.24) is 4.57 Å². The first-order valence-electron chi connectivity index (χ1n) is 5.69. The van der Waals surface area contributed by atoms with Gasteiger partial charge in [-0.05, 0) is 37.0 Å². The highest BCUT2D eigenvalue weighted by Gasteiger charge is 2.10. The van der Waals surface area contributed by atoms with E-state index in [1.165, 1.54) is 0 Å². The molecule has 0 radical (unpaired) electrons. The number of carbonyl (C=O) groups is 1. The molecule has 0 atom stereocenters. The van der Waals surface area contributed by atoms with Gasteiger partial charge in [-0.3, -0.25) is 0 Å². The Hall–Kier alpha value is -0.900. The van der Waals surface area contributed by atoms with E-state index < -0.39 is 0 Å². The monoisotopic (exact) mass is 241 g/mol. The number of esters is 1. The molecule has 0 aliphatic rings. The number of nitrogens with zero attached hydrogens (tertiary/aromatic N) is 1. The zero-order valence-electron chi connectivity index (χ0n) is 9.94. The quantitative estimate of drug-likeness (QED) is 0.543. The third kappa shape index (κ3) is 3.93. The summed E-state index contributed by atoms with van der Waals surface area (Å²) in [5, 5.41) is 0. The fourth-order valence-electron chi connectivity index (χ4n) is 1.48. The lowest BCUT2D eigenvalue weighted by Gasteiger charge is -2.07. The number of aryl methyl sites for hydroxylation is 1. The first-order chi connectivity index (χ1) is 7.79. The van der Waals surface area contributed by atoms with Crippen LogP contribution in [0.25, 0.3) is 0 Å². The molecule has 0 aromatic carbocycles. The Labute approximate surface area is 101 Å². The highest BCUT2D eigenvalue weighted by Crippen LogP contribution is 2.08. The molecular formula is C12H19NO2S. The van der Waals surface area contributed by atoms with Gasteiger partial charge in [-0.25, -0.2) is 4.79 Å². The molecule has 90 valence electrons. The Morgan fingerprint density at radius 1 is 1.50 bits per heavy atom. The van der Waals surface area contributed by atoms with Crippen LogP contribution in [0, 0.1) is 0 Å². The van der Waals surface area contributed by atoms with Crippen molar-refractivity contribution in [3.8, 4) is 0 Å². The first kappa shape index (κ1) is 13.2. The molecule has 0 fully saturated rings. The van der Waals surface area contributed by atoms with Crippen LogP contribution in [0.1, 0.15) is 30.8 Å². The van der Waals surface area contributed by atoms with Gasteiger partial charge in [0.1, 0.15) is 5.69 Å². The molecule has 0 saturated heterocycles. The Bertz CT molecular complexity index is 323. The zero-order valence-corrected chi connectivity index (χ0v) is 10.8. The number of aromatic nitrogens is 1. The first-order valence-corrected chi connectivity index (χ1v) is 6.85. The lowest BCUT2D eigenvalue weighted by atomic mass is 10.4. The summed E-state index contributed by atoms with van der Waals surface area (Å²) in [4.78, 5) is 11.6. The molecule has 0 bridgehead atoms. The molecule has 4 heteroatoms. The largest absolute Gasteiger partial charge is 0.461 e. The lowest BCUT2D eigenvalue weighted by molar-refractivity contribution is 0.0513. The van der Waals surface area contributed by atoms with E-state index in [1.807, 2.05) is 41.6 Å². The Kier molecular flexibility index (Phi) is 6.08. The van der Waals surface area contributed by atoms with E-state index in [1.54, 1.807) is 0 Å². The Balaban J connectivity index is 2.47. The maximum Gasteiger partial charge on any atom is 0.354 e. The smallest absolute Gasteiger partial charge is 0.354 e. The standard InChI is InChI=1S/C12H19NO2S/c1-3-15-12(14)11-7-5-8-13(11)9-6-10-16-4-2/h5,7-8H,3-4,6,9-10H2,1-2H3. The van der Waals surface area contributed by atoms with Gasteiger partial charge in [0.2, 0.25) is 0 Å². The Morgan fingerprint density at radius 2 is 2.31 bits per heavy atom. The van der Waals surface area contributed by atoms with Crippen LogP contribution >= 0.6 is 11.8 Å². The zero-order chi connectivity index (χ0) is 11.8. The summed E-state index contributed by atoms with van der Waals surface area (Å²) in [6, 6.07) is 3.70. The van der Waals surface area contributed by atoms with Crippen molar-refractivity contribution in [2.75, 3.05) is 18.1 Å². The van der Waals surface area contributed by atoms with Gasteiger partial charge < -0.3 is 9.30 Å². The molecule has 0 aliphatic heterocycles. The number of hydrogen-bond donors (Lipinski definition) is 0. The second kappa shape index (κ2) is 7.39. The summed E-state index contributed by atoms with van der Waals surface area (Å²) < 4.78 is 6.96. The van der Waals surface area contributed by atoms with Crippen LogP contribution in [0.5, 0.6) is 0 Å². The summed E-state index contributed by atoms with van der Waals surface area (Å²) >= 11 is 1.92. The third-order valence-electron chi connectivity index (χ3n) is 2.21. The average molecular weight is 241 g/mol. The van der Waals surface area contributed by atoms with Crippen LogP contribution in [0.3, 0.4) is 0 Å². The van der Waals surface area contributed by atoms with E-state index in [0.29, 0.717) is 12.3 Å². The van der Waals surface area contributed by atoms with Gasteiger partial charge in [0.25, 0.3) is 0 Å². The minimum Gasteiger partial charge on any atom is -0.461 e. The van der Waals surface area contributed by atoms with Gasteiger partial charge in [-0.2, -0.15) is 11.8 Å². The van der Waals surface area contributed by atoms with Crippen LogP contribution in [0.15, 0.2) is 18.3 Å². The second-order valence-corrected chi connectivity index (χ2v) is 4.75. The molecule has 0 saturated carbocycles. The highest BCUT2D eigenvalue weighted by atomic mass is 32.2. The highest BCUT2D eigenvalue weighted by molar-refractivity contribution is 7.99. The molecule has 0 amide bonds. The predicted molar refractivity (Wildman–Crippen MR) is 68.0 cm³/mol. The summed E-state index contributed by atoms with van der Waals surface area (Å²) in [5.41, 5.74) is 0.656. The van der Waals surface area contributed by atoms with E-state index in [9.17, 15) is 4.79 Å². The molecule has 0 spiro atoms. The van der Waals surface area contributed by atoms with E-state index in [4.69, 9.17) is 4.74 Å². The molecule has 0 N–H and O–H groups in total. The van der Waals surface area contributed by atoms with Crippen molar-refractivity contribution < 1.29 is 9.53 Å². The van der Waals surface area contributed by atoms with Crippen LogP contribution in [-0.2, 0) is 11.3 Å². The van der Waals surface area contributed by atoms with Crippen molar-refractivity contribution in [2.24, 2.45) is 0 Å². The molecule has 3 nitrogen and oxygen atoms in total. The van der Waals surface area contributed by atoms with Gasteiger partial charge in [0, 0.05) is 12.7 Å². The van der Waals surface area contributed by atoms with Crippen molar-refractivity contribution >= 4 is 17.7 Å². The van der Waals surface area contributed by atoms with Crippen LogP contribution in [0.2, 0.25) is 0 Å². The molecule has 16 heavy (non-hydrogen) atoms. The van der Waals surface area contributed by atoms with Gasteiger partial charge >= 0.3 is 5.97 Å². The minimum absolute atomic E-state index is 0.226. The van der Waals surface area contributed by atoms with E-state index >= 15 is 0 Å². The minimum atomic E-state index is -0.226. The average Bonchev–Trinajstić information content (AvgIpc) is 2.73. The third-order valence-corrected chi connectivity index (χ3v) is 3.19. The van der Waals surface area contributed by atoms with Crippen molar-refractivity contribution in [1.29, 1.82) is 0 Å². The van der Waals surface area contributed by atoms with Crippen LogP contribution in [0.4, 0.5) is 0 Å². The fraction of sp³-hybridized carbons (Fsp3) is 0.583. The second-order valence-electron chi connectivity index (χ2n) is 3.36. The van der Waals surface area contributed by atoms with E-state index in [-0.39, 0.29) is 5.97 Å². The summed E-state index contributed by atoms with van der Waals surface area (Å²) in [5.74, 6) is 2.06. The van der Waals surface area contributed by atoms with Crippen molar-refractivity contribution in [3.63, 3.8) is 0 Å². The van der Waals surface area contributed by atoms with Gasteiger partial charge in [0.05, 0.1) is 6.61 Å². The maximum absolute atomic E-state index is 11.6.